The maximum atomic E-state index is 12.5. The molecule has 1 aliphatic carbocycles. The zero-order valence-corrected chi connectivity index (χ0v) is 14.0. The van der Waals surface area contributed by atoms with Crippen LogP contribution < -0.4 is 11.2 Å². The second-order valence-corrected chi connectivity index (χ2v) is 6.73. The van der Waals surface area contributed by atoms with Crippen LogP contribution in [0.5, 0.6) is 0 Å². The number of aryl methyl sites for hydroxylation is 1. The lowest BCUT2D eigenvalue weighted by Gasteiger charge is -2.14. The summed E-state index contributed by atoms with van der Waals surface area (Å²) in [5, 5.41) is 0.947. The van der Waals surface area contributed by atoms with Gasteiger partial charge in [0.15, 0.2) is 5.65 Å². The van der Waals surface area contributed by atoms with E-state index < -0.39 is 0 Å². The molecule has 1 fully saturated rings. The summed E-state index contributed by atoms with van der Waals surface area (Å²) in [5.74, 6) is 3.99. The molecule has 23 heavy (non-hydrogen) atoms. The van der Waals surface area contributed by atoms with Gasteiger partial charge in [-0.3, -0.25) is 13.9 Å². The third-order valence-electron chi connectivity index (χ3n) is 4.30. The maximum absolute atomic E-state index is 12.5. The fourth-order valence-electron chi connectivity index (χ4n) is 3.03. The lowest BCUT2D eigenvalue weighted by Crippen LogP contribution is -2.38. The standard InChI is InChI=1S/C16H18N4O2S/c1-4-9-23-14-11-13(19(2)16(22)20(3)15(11)21)17-12(18-14)10-7-5-6-8-10/h1,10H,5-9H2,2-3H3. The molecule has 6 nitrogen and oxygen atoms in total. The third-order valence-corrected chi connectivity index (χ3v) is 5.18. The highest BCUT2D eigenvalue weighted by Crippen LogP contribution is 2.34. The van der Waals surface area contributed by atoms with E-state index in [1.807, 2.05) is 0 Å². The fourth-order valence-corrected chi connectivity index (χ4v) is 3.73. The lowest BCUT2D eigenvalue weighted by molar-refractivity contribution is 0.648. The van der Waals surface area contributed by atoms with E-state index >= 15 is 0 Å². The van der Waals surface area contributed by atoms with E-state index in [1.54, 1.807) is 7.05 Å². The zero-order valence-electron chi connectivity index (χ0n) is 13.2. The summed E-state index contributed by atoms with van der Waals surface area (Å²) >= 11 is 1.34. The van der Waals surface area contributed by atoms with Gasteiger partial charge in [0, 0.05) is 20.0 Å². The molecular formula is C16H18N4O2S. The normalized spacial score (nSPS) is 15.2. The van der Waals surface area contributed by atoms with Crippen molar-refractivity contribution in [3.05, 3.63) is 26.7 Å². The molecule has 1 saturated carbocycles. The Bertz CT molecular complexity index is 917. The van der Waals surface area contributed by atoms with Gasteiger partial charge in [-0.1, -0.05) is 30.5 Å². The Balaban J connectivity index is 2.33. The number of rotatable bonds is 3. The zero-order chi connectivity index (χ0) is 16.6. The minimum absolute atomic E-state index is 0.295. The molecule has 3 rings (SSSR count). The van der Waals surface area contributed by atoms with Gasteiger partial charge in [0.25, 0.3) is 5.56 Å². The average Bonchev–Trinajstić information content (AvgIpc) is 3.09. The molecule has 0 radical (unpaired) electrons. The Morgan fingerprint density at radius 2 is 1.91 bits per heavy atom. The number of nitrogens with zero attached hydrogens (tertiary/aromatic N) is 4. The van der Waals surface area contributed by atoms with Crippen molar-refractivity contribution in [2.75, 3.05) is 5.75 Å². The van der Waals surface area contributed by atoms with Gasteiger partial charge >= 0.3 is 5.69 Å². The smallest absolute Gasteiger partial charge is 0.280 e. The molecular weight excluding hydrogens is 312 g/mol. The van der Waals surface area contributed by atoms with Crippen LogP contribution in [0.3, 0.4) is 0 Å². The number of terminal acetylenes is 1. The highest BCUT2D eigenvalue weighted by Gasteiger charge is 2.24. The molecule has 2 aromatic heterocycles. The van der Waals surface area contributed by atoms with E-state index in [0.29, 0.717) is 27.7 Å². The van der Waals surface area contributed by atoms with Crippen LogP contribution in [0.4, 0.5) is 0 Å². The largest absolute Gasteiger partial charge is 0.332 e. The molecule has 0 aliphatic heterocycles. The van der Waals surface area contributed by atoms with E-state index in [-0.39, 0.29) is 11.2 Å². The van der Waals surface area contributed by atoms with Gasteiger partial charge in [0.2, 0.25) is 0 Å². The predicted molar refractivity (Wildman–Crippen MR) is 90.8 cm³/mol. The Labute approximate surface area is 138 Å². The Kier molecular flexibility index (Phi) is 4.26. The molecule has 0 aromatic carbocycles. The van der Waals surface area contributed by atoms with Gasteiger partial charge in [0.1, 0.15) is 16.2 Å². The first-order chi connectivity index (χ1) is 11.0. The van der Waals surface area contributed by atoms with Crippen molar-refractivity contribution in [1.29, 1.82) is 0 Å². The Hall–Kier alpha value is -2.07. The van der Waals surface area contributed by atoms with Gasteiger partial charge in [0.05, 0.1) is 5.75 Å². The first-order valence-corrected chi connectivity index (χ1v) is 8.57. The monoisotopic (exact) mass is 330 g/mol. The SMILES string of the molecule is C#CCSc1nc(C2CCCC2)nc2c1c(=O)n(C)c(=O)n2C. The van der Waals surface area contributed by atoms with Gasteiger partial charge in [-0.2, -0.15) is 0 Å². The van der Waals surface area contributed by atoms with Crippen LogP contribution in [0.2, 0.25) is 0 Å². The topological polar surface area (TPSA) is 69.8 Å². The molecule has 1 aliphatic rings. The van der Waals surface area contributed by atoms with Crippen LogP contribution in [0, 0.1) is 12.3 Å². The maximum Gasteiger partial charge on any atom is 0.332 e. The van der Waals surface area contributed by atoms with Crippen molar-refractivity contribution in [1.82, 2.24) is 19.1 Å². The average molecular weight is 330 g/mol. The first kappa shape index (κ1) is 15.8. The van der Waals surface area contributed by atoms with Crippen LogP contribution in [-0.4, -0.2) is 24.9 Å². The van der Waals surface area contributed by atoms with E-state index in [2.05, 4.69) is 15.9 Å². The number of hydrogen-bond acceptors (Lipinski definition) is 5. The summed E-state index contributed by atoms with van der Waals surface area (Å²) in [6.07, 6.45) is 9.76. The summed E-state index contributed by atoms with van der Waals surface area (Å²) in [4.78, 5) is 33.9. The minimum Gasteiger partial charge on any atom is -0.280 e. The molecule has 2 aromatic rings. The number of hydrogen-bond donors (Lipinski definition) is 0. The Morgan fingerprint density at radius 1 is 1.22 bits per heavy atom. The van der Waals surface area contributed by atoms with E-state index in [9.17, 15) is 9.59 Å². The molecule has 7 heteroatoms. The molecule has 2 heterocycles. The van der Waals surface area contributed by atoms with Crippen LogP contribution in [0.15, 0.2) is 14.6 Å². The van der Waals surface area contributed by atoms with E-state index in [0.717, 1.165) is 36.1 Å². The number of aromatic nitrogens is 4. The quantitative estimate of drug-likeness (QED) is 0.483. The summed E-state index contributed by atoms with van der Waals surface area (Å²) in [6.45, 7) is 0. The van der Waals surface area contributed by atoms with Gasteiger partial charge in [-0.25, -0.2) is 14.8 Å². The minimum atomic E-state index is -0.383. The summed E-state index contributed by atoms with van der Waals surface area (Å²) < 4.78 is 2.50. The van der Waals surface area contributed by atoms with Crippen molar-refractivity contribution in [3.8, 4) is 12.3 Å². The highest BCUT2D eigenvalue weighted by atomic mass is 32.2. The summed E-state index contributed by atoms with van der Waals surface area (Å²) in [7, 11) is 3.09. The molecule has 0 amide bonds. The molecule has 0 bridgehead atoms. The molecule has 0 atom stereocenters. The molecule has 0 spiro atoms. The van der Waals surface area contributed by atoms with Gasteiger partial charge < -0.3 is 0 Å². The Morgan fingerprint density at radius 3 is 2.57 bits per heavy atom. The van der Waals surface area contributed by atoms with Gasteiger partial charge in [-0.05, 0) is 12.8 Å². The van der Waals surface area contributed by atoms with Crippen LogP contribution in [0.25, 0.3) is 11.0 Å². The molecule has 120 valence electrons. The van der Waals surface area contributed by atoms with Crippen molar-refractivity contribution in [2.45, 2.75) is 36.6 Å². The predicted octanol–water partition coefficient (Wildman–Crippen LogP) is 1.41. The van der Waals surface area contributed by atoms with Crippen molar-refractivity contribution >= 4 is 22.8 Å². The van der Waals surface area contributed by atoms with Crippen molar-refractivity contribution in [3.63, 3.8) is 0 Å². The molecule has 0 N–H and O–H groups in total. The molecule has 0 saturated heterocycles. The van der Waals surface area contributed by atoms with Crippen LogP contribution >= 0.6 is 11.8 Å². The van der Waals surface area contributed by atoms with E-state index in [1.165, 1.54) is 23.4 Å². The lowest BCUT2D eigenvalue weighted by atomic mass is 10.1. The van der Waals surface area contributed by atoms with Crippen LogP contribution in [-0.2, 0) is 14.1 Å². The fraction of sp³-hybridized carbons (Fsp3) is 0.500. The van der Waals surface area contributed by atoms with Crippen molar-refractivity contribution in [2.24, 2.45) is 14.1 Å². The third kappa shape index (κ3) is 2.68. The second kappa shape index (κ2) is 6.20. The van der Waals surface area contributed by atoms with Crippen LogP contribution in [0.1, 0.15) is 37.4 Å². The number of thioether (sulfide) groups is 1. The summed E-state index contributed by atoms with van der Waals surface area (Å²) in [5.41, 5.74) is -0.360. The van der Waals surface area contributed by atoms with E-state index in [4.69, 9.17) is 6.42 Å². The van der Waals surface area contributed by atoms with Gasteiger partial charge in [-0.15, -0.1) is 6.42 Å². The number of fused-ring (bicyclic) bond motifs is 1. The second-order valence-electron chi connectivity index (χ2n) is 5.77. The summed E-state index contributed by atoms with van der Waals surface area (Å²) in [6, 6.07) is 0. The first-order valence-electron chi connectivity index (χ1n) is 7.58. The van der Waals surface area contributed by atoms with Crippen molar-refractivity contribution < 1.29 is 0 Å². The molecule has 0 unspecified atom stereocenters. The highest BCUT2D eigenvalue weighted by molar-refractivity contribution is 7.99.